The van der Waals surface area contributed by atoms with Gasteiger partial charge in [0.2, 0.25) is 0 Å². The molecule has 0 atom stereocenters. The maximum absolute atomic E-state index is 12.8. The van der Waals surface area contributed by atoms with Crippen molar-refractivity contribution >= 4 is 26.1 Å². The molecule has 17 heteroatoms. The zero-order chi connectivity index (χ0) is 30.1. The van der Waals surface area contributed by atoms with E-state index < -0.39 is 26.1 Å². The first-order chi connectivity index (χ1) is 19.9. The fraction of sp³-hybridized carbons (Fsp3) is 0.0400. The van der Waals surface area contributed by atoms with Gasteiger partial charge >= 0.3 is 0 Å². The number of aromatic nitrogens is 7. The second kappa shape index (κ2) is 10.9. The average molecular weight is 607 g/mol. The first-order valence-electron chi connectivity index (χ1n) is 11.7. The van der Waals surface area contributed by atoms with Crippen LogP contribution >= 0.6 is 0 Å². The highest BCUT2D eigenvalue weighted by atomic mass is 32.2. The Hall–Kier alpha value is -5.28. The van der Waals surface area contributed by atoms with E-state index in [2.05, 4.69) is 36.8 Å². The predicted molar refractivity (Wildman–Crippen MR) is 146 cm³/mol. The predicted octanol–water partition coefficient (Wildman–Crippen LogP) is 1.43. The second-order valence-corrected chi connectivity index (χ2v) is 11.4. The van der Waals surface area contributed by atoms with Crippen LogP contribution in [0.2, 0.25) is 0 Å². The first-order valence-corrected chi connectivity index (χ1v) is 14.6. The highest BCUT2D eigenvalue weighted by molar-refractivity contribution is 7.86. The second-order valence-electron chi connectivity index (χ2n) is 8.55. The number of rotatable bonds is 8. The molecule has 0 saturated carbocycles. The Morgan fingerprint density at radius 3 is 1.57 bits per heavy atom. The highest BCUT2D eigenvalue weighted by Gasteiger charge is 2.17. The lowest BCUT2D eigenvalue weighted by Gasteiger charge is -2.06. The number of amides is 1. The van der Waals surface area contributed by atoms with Gasteiger partial charge in [0.1, 0.15) is 11.4 Å². The molecular formula is C25H18N8O7S2. The third-order valence-electron chi connectivity index (χ3n) is 5.75. The Morgan fingerprint density at radius 2 is 1.19 bits per heavy atom. The van der Waals surface area contributed by atoms with Crippen LogP contribution in [0, 0.1) is 12.3 Å². The molecule has 3 N–H and O–H groups in total. The van der Waals surface area contributed by atoms with Crippen LogP contribution in [-0.4, -0.2) is 73.4 Å². The molecule has 0 saturated heterocycles. The molecule has 0 bridgehead atoms. The number of hydrogen-bond donors (Lipinski definition) is 3. The summed E-state index contributed by atoms with van der Waals surface area (Å²) in [5, 5.41) is 18.9. The van der Waals surface area contributed by atoms with Gasteiger partial charge in [-0.05, 0) is 60.7 Å². The van der Waals surface area contributed by atoms with Crippen molar-refractivity contribution in [1.82, 2.24) is 40.3 Å². The van der Waals surface area contributed by atoms with Gasteiger partial charge in [-0.25, -0.2) is 14.3 Å². The maximum Gasteiger partial charge on any atom is 0.294 e. The summed E-state index contributed by atoms with van der Waals surface area (Å²) in [6, 6.07) is 13.5. The van der Waals surface area contributed by atoms with E-state index in [1.54, 1.807) is 0 Å². The van der Waals surface area contributed by atoms with Crippen LogP contribution in [-0.2, 0) is 20.2 Å². The fourth-order valence-corrected chi connectivity index (χ4v) is 4.67. The Morgan fingerprint density at radius 1 is 0.762 bits per heavy atom. The Labute approximate surface area is 238 Å². The van der Waals surface area contributed by atoms with Crippen LogP contribution < -0.4 is 5.32 Å². The van der Waals surface area contributed by atoms with Gasteiger partial charge in [-0.3, -0.25) is 13.9 Å². The number of pyridine rings is 1. The molecule has 2 aromatic carbocycles. The number of nitrogens with zero attached hydrogens (tertiary/aromatic N) is 7. The maximum atomic E-state index is 12.8. The summed E-state index contributed by atoms with van der Waals surface area (Å²) in [5.41, 5.74) is 2.06. The molecule has 0 aliphatic carbocycles. The van der Waals surface area contributed by atoms with Crippen LogP contribution in [0.5, 0.6) is 0 Å². The van der Waals surface area contributed by atoms with Gasteiger partial charge in [-0.1, -0.05) is 16.3 Å². The minimum absolute atomic E-state index is 0.0166. The minimum Gasteiger partial charge on any atom is -0.341 e. The zero-order valence-corrected chi connectivity index (χ0v) is 22.7. The molecule has 1 amide bonds. The topological polar surface area (TPSA) is 212 Å². The first kappa shape index (κ1) is 28.3. The number of carbonyl (C=O) groups is 1. The molecule has 212 valence electrons. The van der Waals surface area contributed by atoms with E-state index in [1.807, 2.05) is 0 Å². The van der Waals surface area contributed by atoms with E-state index in [-0.39, 0.29) is 44.7 Å². The van der Waals surface area contributed by atoms with Gasteiger partial charge in [0.05, 0.1) is 51.5 Å². The molecular weight excluding hydrogens is 588 g/mol. The summed E-state index contributed by atoms with van der Waals surface area (Å²) in [6.45, 7) is -0.0166. The van der Waals surface area contributed by atoms with Crippen molar-refractivity contribution in [2.24, 2.45) is 0 Å². The third kappa shape index (κ3) is 6.06. The number of benzene rings is 2. The highest BCUT2D eigenvalue weighted by Crippen LogP contribution is 2.24. The monoisotopic (exact) mass is 606 g/mol. The lowest BCUT2D eigenvalue weighted by molar-refractivity contribution is 0.0958. The minimum atomic E-state index is -4.37. The molecule has 0 unspecified atom stereocenters. The van der Waals surface area contributed by atoms with Gasteiger partial charge < -0.3 is 5.32 Å². The summed E-state index contributed by atoms with van der Waals surface area (Å²) in [4.78, 5) is 16.8. The van der Waals surface area contributed by atoms with Crippen molar-refractivity contribution in [3.05, 3.63) is 78.6 Å². The smallest absolute Gasteiger partial charge is 0.294 e. The van der Waals surface area contributed by atoms with E-state index in [4.69, 9.17) is 6.42 Å². The molecule has 3 aromatic heterocycles. The van der Waals surface area contributed by atoms with Crippen LogP contribution in [0.25, 0.3) is 34.2 Å². The van der Waals surface area contributed by atoms with Gasteiger partial charge in [0, 0.05) is 5.56 Å². The van der Waals surface area contributed by atoms with Crippen LogP contribution in [0.3, 0.4) is 0 Å². The van der Waals surface area contributed by atoms with Crippen molar-refractivity contribution in [3.63, 3.8) is 0 Å². The summed E-state index contributed by atoms with van der Waals surface area (Å²) < 4.78 is 66.4. The van der Waals surface area contributed by atoms with Crippen molar-refractivity contribution < 1.29 is 30.7 Å². The SMILES string of the molecule is C#CCNC(=O)c1cc(-c2cn(-c3ccc(S(=O)(=O)O)cc3)nn2)nc(-c2cn(-c3ccc(S(=O)(=O)O)cc3)nn2)c1. The van der Waals surface area contributed by atoms with Gasteiger partial charge in [0.25, 0.3) is 26.1 Å². The van der Waals surface area contributed by atoms with E-state index in [0.717, 1.165) is 0 Å². The number of carbonyl (C=O) groups excluding carboxylic acids is 1. The van der Waals surface area contributed by atoms with E-state index in [0.29, 0.717) is 11.4 Å². The quantitative estimate of drug-likeness (QED) is 0.169. The largest absolute Gasteiger partial charge is 0.341 e. The summed E-state index contributed by atoms with van der Waals surface area (Å²) in [6.07, 6.45) is 8.28. The van der Waals surface area contributed by atoms with Crippen LogP contribution in [0.4, 0.5) is 0 Å². The molecule has 0 spiro atoms. The van der Waals surface area contributed by atoms with Gasteiger partial charge in [0.15, 0.2) is 0 Å². The van der Waals surface area contributed by atoms with E-state index in [1.165, 1.54) is 82.4 Å². The molecule has 0 fully saturated rings. The van der Waals surface area contributed by atoms with E-state index in [9.17, 15) is 30.7 Å². The summed E-state index contributed by atoms with van der Waals surface area (Å²) in [7, 11) is -8.73. The lowest BCUT2D eigenvalue weighted by Crippen LogP contribution is -2.23. The number of nitrogens with one attached hydrogen (secondary N) is 1. The summed E-state index contributed by atoms with van der Waals surface area (Å²) >= 11 is 0. The normalized spacial score (nSPS) is 11.6. The Kier molecular flexibility index (Phi) is 7.36. The molecule has 0 radical (unpaired) electrons. The number of terminal acetylenes is 1. The van der Waals surface area contributed by atoms with Crippen LogP contribution in [0.1, 0.15) is 10.4 Å². The summed E-state index contributed by atoms with van der Waals surface area (Å²) in [5.74, 6) is 1.84. The molecule has 5 aromatic rings. The molecule has 0 aliphatic heterocycles. The molecule has 15 nitrogen and oxygen atoms in total. The van der Waals surface area contributed by atoms with Crippen molar-refractivity contribution in [2.45, 2.75) is 9.79 Å². The third-order valence-corrected chi connectivity index (χ3v) is 7.48. The van der Waals surface area contributed by atoms with Crippen molar-refractivity contribution in [3.8, 4) is 46.5 Å². The molecule has 3 heterocycles. The zero-order valence-electron chi connectivity index (χ0n) is 21.1. The fourth-order valence-electron chi connectivity index (χ4n) is 3.71. The Balaban J connectivity index is 1.51. The number of hydrogen-bond acceptors (Lipinski definition) is 10. The molecule has 0 aliphatic rings. The Bertz CT molecular complexity index is 1930. The average Bonchev–Trinajstić information content (AvgIpc) is 3.66. The van der Waals surface area contributed by atoms with Gasteiger partial charge in [-0.2, -0.15) is 16.8 Å². The van der Waals surface area contributed by atoms with E-state index >= 15 is 0 Å². The molecule has 5 rings (SSSR count). The lowest BCUT2D eigenvalue weighted by atomic mass is 10.1. The standard InChI is InChI=1S/C25H18N8O7S2/c1-2-11-26-25(34)16-12-21(23-14-32(30-28-23)17-3-7-19(8-4-17)41(35,36)37)27-22(13-16)24-15-33(31-29-24)18-5-9-20(10-6-18)42(38,39)40/h1,3-10,12-15H,11H2,(H,26,34)(H,35,36,37)(H,38,39,40). The van der Waals surface area contributed by atoms with Crippen molar-refractivity contribution in [1.29, 1.82) is 0 Å². The van der Waals surface area contributed by atoms with Crippen LogP contribution in [0.15, 0.2) is 82.8 Å². The van der Waals surface area contributed by atoms with Crippen molar-refractivity contribution in [2.75, 3.05) is 6.54 Å². The molecule has 42 heavy (non-hydrogen) atoms. The van der Waals surface area contributed by atoms with Gasteiger partial charge in [-0.15, -0.1) is 16.6 Å².